The first-order valence-corrected chi connectivity index (χ1v) is 4.42. The van der Waals surface area contributed by atoms with Gasteiger partial charge in [0, 0.05) is 6.42 Å². The van der Waals surface area contributed by atoms with Crippen LogP contribution >= 0.6 is 0 Å². The SMILES string of the molecule is CC(C)C[C@H](CN)CC(=O)CO. The minimum Gasteiger partial charge on any atom is -0.389 e. The summed E-state index contributed by atoms with van der Waals surface area (Å²) in [5.41, 5.74) is 5.49. The van der Waals surface area contributed by atoms with Crippen LogP contribution in [0.2, 0.25) is 0 Å². The van der Waals surface area contributed by atoms with E-state index in [1.54, 1.807) is 0 Å². The van der Waals surface area contributed by atoms with Gasteiger partial charge in [0.15, 0.2) is 5.78 Å². The highest BCUT2D eigenvalue weighted by Gasteiger charge is 2.12. The summed E-state index contributed by atoms with van der Waals surface area (Å²) in [6.07, 6.45) is 1.38. The van der Waals surface area contributed by atoms with Crippen molar-refractivity contribution in [2.45, 2.75) is 26.7 Å². The largest absolute Gasteiger partial charge is 0.389 e. The molecule has 1 atom stereocenters. The number of nitrogens with two attached hydrogens (primary N) is 1. The third kappa shape index (κ3) is 5.27. The van der Waals surface area contributed by atoms with Crippen molar-refractivity contribution in [3.05, 3.63) is 0 Å². The number of aliphatic hydroxyl groups is 1. The Labute approximate surface area is 74.0 Å². The standard InChI is InChI=1S/C9H19NO2/c1-7(2)3-8(5-10)4-9(12)6-11/h7-8,11H,3-6,10H2,1-2H3/t8-/m0/s1. The molecule has 0 aliphatic carbocycles. The summed E-state index contributed by atoms with van der Waals surface area (Å²) >= 11 is 0. The summed E-state index contributed by atoms with van der Waals surface area (Å²) in [7, 11) is 0. The Morgan fingerprint density at radius 1 is 1.50 bits per heavy atom. The van der Waals surface area contributed by atoms with E-state index in [2.05, 4.69) is 13.8 Å². The number of carbonyl (C=O) groups excluding carboxylic acids is 1. The molecule has 0 aromatic rings. The fourth-order valence-corrected chi connectivity index (χ4v) is 1.32. The predicted octanol–water partition coefficient (Wildman–Crippen LogP) is 0.559. The Hall–Kier alpha value is -0.410. The summed E-state index contributed by atoms with van der Waals surface area (Å²) < 4.78 is 0. The Bertz CT molecular complexity index is 134. The van der Waals surface area contributed by atoms with Crippen molar-refractivity contribution >= 4 is 5.78 Å². The third-order valence-electron chi connectivity index (χ3n) is 1.83. The number of carbonyl (C=O) groups is 1. The predicted molar refractivity (Wildman–Crippen MR) is 48.7 cm³/mol. The summed E-state index contributed by atoms with van der Waals surface area (Å²) in [6.45, 7) is 4.39. The molecule has 0 aliphatic rings. The number of ketones is 1. The molecule has 0 bridgehead atoms. The maximum Gasteiger partial charge on any atom is 0.158 e. The van der Waals surface area contributed by atoms with Gasteiger partial charge in [-0.2, -0.15) is 0 Å². The Morgan fingerprint density at radius 3 is 2.42 bits per heavy atom. The molecule has 0 aliphatic heterocycles. The molecule has 0 aromatic heterocycles. The molecule has 0 spiro atoms. The number of Topliss-reactive ketones (excluding diaryl/α,β-unsaturated/α-hetero) is 1. The average molecular weight is 173 g/mol. The van der Waals surface area contributed by atoms with Crippen LogP contribution in [-0.2, 0) is 4.79 Å². The fourth-order valence-electron chi connectivity index (χ4n) is 1.32. The minimum absolute atomic E-state index is 0.105. The fraction of sp³-hybridized carbons (Fsp3) is 0.889. The molecular formula is C9H19NO2. The zero-order chi connectivity index (χ0) is 9.56. The van der Waals surface area contributed by atoms with E-state index in [-0.39, 0.29) is 18.3 Å². The van der Waals surface area contributed by atoms with Crippen LogP contribution in [0, 0.1) is 11.8 Å². The Balaban J connectivity index is 3.74. The molecule has 3 nitrogen and oxygen atoms in total. The van der Waals surface area contributed by atoms with Crippen LogP contribution in [0.1, 0.15) is 26.7 Å². The normalized spacial score (nSPS) is 13.4. The monoisotopic (exact) mass is 173 g/mol. The molecule has 3 N–H and O–H groups in total. The lowest BCUT2D eigenvalue weighted by atomic mass is 9.93. The molecule has 0 aromatic carbocycles. The lowest BCUT2D eigenvalue weighted by Gasteiger charge is -2.15. The molecule has 0 rings (SSSR count). The van der Waals surface area contributed by atoms with E-state index in [0.29, 0.717) is 18.9 Å². The average Bonchev–Trinajstić information content (AvgIpc) is 2.02. The van der Waals surface area contributed by atoms with Gasteiger partial charge >= 0.3 is 0 Å². The van der Waals surface area contributed by atoms with E-state index >= 15 is 0 Å². The van der Waals surface area contributed by atoms with Crippen molar-refractivity contribution in [2.24, 2.45) is 17.6 Å². The van der Waals surface area contributed by atoms with Gasteiger partial charge in [0.25, 0.3) is 0 Å². The Morgan fingerprint density at radius 2 is 2.08 bits per heavy atom. The van der Waals surface area contributed by atoms with E-state index in [1.165, 1.54) is 0 Å². The molecular weight excluding hydrogens is 154 g/mol. The number of rotatable bonds is 6. The van der Waals surface area contributed by atoms with Crippen molar-refractivity contribution in [3.63, 3.8) is 0 Å². The third-order valence-corrected chi connectivity index (χ3v) is 1.83. The smallest absolute Gasteiger partial charge is 0.158 e. The van der Waals surface area contributed by atoms with Crippen LogP contribution in [0.25, 0.3) is 0 Å². The molecule has 0 saturated heterocycles. The Kier molecular flexibility index (Phi) is 5.93. The van der Waals surface area contributed by atoms with Crippen LogP contribution in [0.15, 0.2) is 0 Å². The van der Waals surface area contributed by atoms with Gasteiger partial charge < -0.3 is 10.8 Å². The zero-order valence-corrected chi connectivity index (χ0v) is 7.92. The molecule has 12 heavy (non-hydrogen) atoms. The highest BCUT2D eigenvalue weighted by atomic mass is 16.3. The molecule has 72 valence electrons. The molecule has 3 heteroatoms. The highest BCUT2D eigenvalue weighted by Crippen LogP contribution is 2.14. The van der Waals surface area contributed by atoms with E-state index in [0.717, 1.165) is 6.42 Å². The van der Waals surface area contributed by atoms with E-state index in [1.807, 2.05) is 0 Å². The van der Waals surface area contributed by atoms with Gasteiger partial charge in [-0.15, -0.1) is 0 Å². The second-order valence-electron chi connectivity index (χ2n) is 3.63. The van der Waals surface area contributed by atoms with Gasteiger partial charge in [-0.3, -0.25) is 4.79 Å². The van der Waals surface area contributed by atoms with Gasteiger partial charge in [0.1, 0.15) is 6.61 Å². The summed E-state index contributed by atoms with van der Waals surface area (Å²) in [5.74, 6) is 0.695. The van der Waals surface area contributed by atoms with Crippen LogP contribution in [-0.4, -0.2) is 24.0 Å². The van der Waals surface area contributed by atoms with E-state index < -0.39 is 0 Å². The molecule has 0 fully saturated rings. The second-order valence-corrected chi connectivity index (χ2v) is 3.63. The van der Waals surface area contributed by atoms with Crippen LogP contribution in [0.3, 0.4) is 0 Å². The van der Waals surface area contributed by atoms with Crippen LogP contribution < -0.4 is 5.73 Å². The quantitative estimate of drug-likeness (QED) is 0.617. The molecule has 0 heterocycles. The molecule has 0 radical (unpaired) electrons. The second kappa shape index (κ2) is 6.14. The maximum atomic E-state index is 10.9. The number of hydrogen-bond acceptors (Lipinski definition) is 3. The number of hydrogen-bond donors (Lipinski definition) is 2. The lowest BCUT2D eigenvalue weighted by Crippen LogP contribution is -2.21. The summed E-state index contributed by atoms with van der Waals surface area (Å²) in [6, 6.07) is 0. The van der Waals surface area contributed by atoms with Crippen LogP contribution in [0.5, 0.6) is 0 Å². The maximum absolute atomic E-state index is 10.9. The van der Waals surface area contributed by atoms with Crippen molar-refractivity contribution in [1.29, 1.82) is 0 Å². The summed E-state index contributed by atoms with van der Waals surface area (Å²) in [4.78, 5) is 10.9. The first kappa shape index (κ1) is 11.6. The van der Waals surface area contributed by atoms with Gasteiger partial charge in [-0.05, 0) is 24.8 Å². The van der Waals surface area contributed by atoms with Gasteiger partial charge in [0.05, 0.1) is 0 Å². The van der Waals surface area contributed by atoms with Crippen molar-refractivity contribution < 1.29 is 9.90 Å². The van der Waals surface area contributed by atoms with Crippen molar-refractivity contribution in [2.75, 3.05) is 13.2 Å². The van der Waals surface area contributed by atoms with E-state index in [9.17, 15) is 4.79 Å². The topological polar surface area (TPSA) is 63.3 Å². The van der Waals surface area contributed by atoms with Crippen molar-refractivity contribution in [3.8, 4) is 0 Å². The lowest BCUT2D eigenvalue weighted by molar-refractivity contribution is -0.122. The van der Waals surface area contributed by atoms with Gasteiger partial charge in [0.2, 0.25) is 0 Å². The highest BCUT2D eigenvalue weighted by molar-refractivity contribution is 5.79. The molecule has 0 unspecified atom stereocenters. The van der Waals surface area contributed by atoms with Gasteiger partial charge in [-0.1, -0.05) is 13.8 Å². The minimum atomic E-state index is -0.353. The number of aliphatic hydroxyl groups excluding tert-OH is 1. The van der Waals surface area contributed by atoms with Gasteiger partial charge in [-0.25, -0.2) is 0 Å². The molecule has 0 saturated carbocycles. The first-order chi connectivity index (χ1) is 5.60. The summed E-state index contributed by atoms with van der Waals surface area (Å²) in [5, 5.41) is 8.52. The van der Waals surface area contributed by atoms with Crippen molar-refractivity contribution in [1.82, 2.24) is 0 Å². The van der Waals surface area contributed by atoms with E-state index in [4.69, 9.17) is 10.8 Å². The zero-order valence-electron chi connectivity index (χ0n) is 7.92. The first-order valence-electron chi connectivity index (χ1n) is 4.42. The molecule has 0 amide bonds. The van der Waals surface area contributed by atoms with Crippen LogP contribution in [0.4, 0.5) is 0 Å².